The minimum atomic E-state index is -4.56. The summed E-state index contributed by atoms with van der Waals surface area (Å²) in [4.78, 5) is 29.1. The number of carbonyl (C=O) groups excluding carboxylic acids is 2. The number of alkyl halides is 3. The molecule has 0 bridgehead atoms. The van der Waals surface area contributed by atoms with Crippen molar-refractivity contribution in [2.75, 3.05) is 7.05 Å². The van der Waals surface area contributed by atoms with Gasteiger partial charge >= 0.3 is 6.18 Å². The van der Waals surface area contributed by atoms with Crippen molar-refractivity contribution in [2.45, 2.75) is 26.1 Å². The molecule has 0 aliphatic carbocycles. The number of carbonyl (C=O) groups is 2. The average Bonchev–Trinajstić information content (AvgIpc) is 3.02. The van der Waals surface area contributed by atoms with Crippen LogP contribution in [0.25, 0.3) is 10.2 Å². The van der Waals surface area contributed by atoms with Gasteiger partial charge in [0.15, 0.2) is 4.80 Å². The number of nitrogens with zero attached hydrogens (tertiary/aromatic N) is 2. The Morgan fingerprint density at radius 2 is 1.90 bits per heavy atom. The highest BCUT2D eigenvalue weighted by Crippen LogP contribution is 2.29. The number of halogens is 3. The maximum absolute atomic E-state index is 12.9. The minimum absolute atomic E-state index is 0.174. The zero-order valence-electron chi connectivity index (χ0n) is 15.9. The van der Waals surface area contributed by atoms with Crippen molar-refractivity contribution >= 4 is 33.4 Å². The van der Waals surface area contributed by atoms with Gasteiger partial charge in [-0.1, -0.05) is 23.5 Å². The van der Waals surface area contributed by atoms with Gasteiger partial charge in [0.25, 0.3) is 5.91 Å². The Morgan fingerprint density at radius 3 is 2.55 bits per heavy atom. The Morgan fingerprint density at radius 1 is 1.17 bits per heavy atom. The Labute approximate surface area is 168 Å². The highest BCUT2D eigenvalue weighted by atomic mass is 32.1. The van der Waals surface area contributed by atoms with Crippen LogP contribution in [0.5, 0.6) is 0 Å². The highest BCUT2D eigenvalue weighted by molar-refractivity contribution is 7.16. The lowest BCUT2D eigenvalue weighted by Crippen LogP contribution is -2.32. The maximum Gasteiger partial charge on any atom is 0.416 e. The van der Waals surface area contributed by atoms with Gasteiger partial charge in [0.2, 0.25) is 5.91 Å². The van der Waals surface area contributed by atoms with Crippen LogP contribution in [0.1, 0.15) is 34.5 Å². The van der Waals surface area contributed by atoms with Gasteiger partial charge < -0.3 is 9.88 Å². The van der Waals surface area contributed by atoms with Crippen LogP contribution < -0.4 is 10.1 Å². The maximum atomic E-state index is 12.9. The van der Waals surface area contributed by atoms with Gasteiger partial charge in [0, 0.05) is 12.6 Å². The molecule has 0 aliphatic heterocycles. The third kappa shape index (κ3) is 4.24. The van der Waals surface area contributed by atoms with Crippen molar-refractivity contribution in [2.24, 2.45) is 4.99 Å². The molecule has 1 heterocycles. The number of amides is 2. The van der Waals surface area contributed by atoms with Crippen LogP contribution in [0.4, 0.5) is 13.2 Å². The smallest absolute Gasteiger partial charge is 0.357 e. The number of aromatic nitrogens is 1. The van der Waals surface area contributed by atoms with Gasteiger partial charge in [-0.15, -0.1) is 0 Å². The van der Waals surface area contributed by atoms with Crippen LogP contribution in [-0.4, -0.2) is 23.4 Å². The molecule has 0 radical (unpaired) electrons. The molecule has 0 saturated heterocycles. The third-order valence-electron chi connectivity index (χ3n) is 4.43. The Kier molecular flexibility index (Phi) is 5.61. The highest BCUT2D eigenvalue weighted by Gasteiger charge is 2.31. The van der Waals surface area contributed by atoms with Crippen molar-refractivity contribution in [3.63, 3.8) is 0 Å². The zero-order valence-corrected chi connectivity index (χ0v) is 16.7. The number of fused-ring (bicyclic) bond motifs is 1. The van der Waals surface area contributed by atoms with Crippen LogP contribution in [0.2, 0.25) is 0 Å². The van der Waals surface area contributed by atoms with Crippen molar-refractivity contribution in [3.05, 3.63) is 64.0 Å². The number of hydrogen-bond donors (Lipinski definition) is 1. The van der Waals surface area contributed by atoms with Gasteiger partial charge in [0.1, 0.15) is 6.04 Å². The van der Waals surface area contributed by atoms with E-state index in [2.05, 4.69) is 10.3 Å². The standard InChI is InChI=1S/C20H18F3N3O2S/c1-11-7-8-15-16(9-11)29-19(26(15)12(2)17(27)24-3)25-18(28)13-5-4-6-14(10-13)20(21,22)23/h4-10,12H,1-3H3,(H,24,27)/t12-/m0/s1. The summed E-state index contributed by atoms with van der Waals surface area (Å²) in [7, 11) is 1.50. The predicted molar refractivity (Wildman–Crippen MR) is 105 cm³/mol. The molecule has 0 aliphatic rings. The largest absolute Gasteiger partial charge is 0.416 e. The van der Waals surface area contributed by atoms with E-state index in [9.17, 15) is 22.8 Å². The summed E-state index contributed by atoms with van der Waals surface area (Å²) in [6, 6.07) is 9.06. The van der Waals surface area contributed by atoms with E-state index >= 15 is 0 Å². The molecule has 1 aromatic heterocycles. The number of hydrogen-bond acceptors (Lipinski definition) is 3. The number of rotatable bonds is 3. The third-order valence-corrected chi connectivity index (χ3v) is 5.45. The van der Waals surface area contributed by atoms with E-state index in [-0.39, 0.29) is 16.3 Å². The van der Waals surface area contributed by atoms with E-state index in [1.54, 1.807) is 11.5 Å². The van der Waals surface area contributed by atoms with E-state index in [4.69, 9.17) is 0 Å². The summed E-state index contributed by atoms with van der Waals surface area (Å²) in [6.45, 7) is 3.58. The Hall–Kier alpha value is -2.94. The van der Waals surface area contributed by atoms with Crippen molar-refractivity contribution in [1.82, 2.24) is 9.88 Å². The Balaban J connectivity index is 2.17. The van der Waals surface area contributed by atoms with E-state index < -0.39 is 23.7 Å². The van der Waals surface area contributed by atoms with Crippen LogP contribution in [0, 0.1) is 6.92 Å². The van der Waals surface area contributed by atoms with E-state index in [0.717, 1.165) is 22.4 Å². The summed E-state index contributed by atoms with van der Waals surface area (Å²) < 4.78 is 41.3. The first-order valence-corrected chi connectivity index (χ1v) is 9.53. The van der Waals surface area contributed by atoms with E-state index in [1.807, 2.05) is 25.1 Å². The summed E-state index contributed by atoms with van der Waals surface area (Å²) in [5.74, 6) is -1.09. The lowest BCUT2D eigenvalue weighted by molar-refractivity contribution is -0.137. The number of nitrogens with one attached hydrogen (secondary N) is 1. The summed E-state index contributed by atoms with van der Waals surface area (Å²) in [5.41, 5.74) is 0.617. The monoisotopic (exact) mass is 421 g/mol. The molecule has 9 heteroatoms. The first-order chi connectivity index (χ1) is 13.6. The van der Waals surface area contributed by atoms with Crippen LogP contribution >= 0.6 is 11.3 Å². The Bertz CT molecular complexity index is 1160. The quantitative estimate of drug-likeness (QED) is 0.693. The lowest BCUT2D eigenvalue weighted by Gasteiger charge is -2.13. The molecule has 3 rings (SSSR count). The molecule has 3 aromatic rings. The van der Waals surface area contributed by atoms with Crippen LogP contribution in [0.15, 0.2) is 47.5 Å². The number of thiazole rings is 1. The molecular weight excluding hydrogens is 403 g/mol. The van der Waals surface area contributed by atoms with Crippen molar-refractivity contribution < 1.29 is 22.8 Å². The topological polar surface area (TPSA) is 63.5 Å². The van der Waals surface area contributed by atoms with Gasteiger partial charge in [-0.2, -0.15) is 18.2 Å². The molecule has 2 amide bonds. The minimum Gasteiger partial charge on any atom is -0.357 e. The van der Waals surface area contributed by atoms with Crippen molar-refractivity contribution in [1.29, 1.82) is 0 Å². The molecule has 0 saturated carbocycles. The zero-order chi connectivity index (χ0) is 21.3. The second-order valence-corrected chi connectivity index (χ2v) is 7.52. The molecule has 0 spiro atoms. The second-order valence-electron chi connectivity index (χ2n) is 6.51. The van der Waals surface area contributed by atoms with Crippen molar-refractivity contribution in [3.8, 4) is 0 Å². The molecule has 1 atom stereocenters. The molecule has 0 fully saturated rings. The fourth-order valence-electron chi connectivity index (χ4n) is 2.91. The average molecular weight is 421 g/mol. The predicted octanol–water partition coefficient (Wildman–Crippen LogP) is 4.08. The number of benzene rings is 2. The molecule has 1 N–H and O–H groups in total. The first kappa shape index (κ1) is 20.8. The molecule has 5 nitrogen and oxygen atoms in total. The molecule has 152 valence electrons. The number of aryl methyl sites for hydroxylation is 1. The van der Waals surface area contributed by atoms with Gasteiger partial charge in [-0.25, -0.2) is 0 Å². The van der Waals surface area contributed by atoms with Gasteiger partial charge in [-0.05, 0) is 49.7 Å². The molecule has 29 heavy (non-hydrogen) atoms. The normalized spacial score (nSPS) is 13.5. The van der Waals surface area contributed by atoms with Crippen LogP contribution in [-0.2, 0) is 11.0 Å². The van der Waals surface area contributed by atoms with Gasteiger partial charge in [0.05, 0.1) is 15.8 Å². The van der Waals surface area contributed by atoms with Crippen LogP contribution in [0.3, 0.4) is 0 Å². The summed E-state index contributed by atoms with van der Waals surface area (Å²) >= 11 is 1.20. The molecule has 0 unspecified atom stereocenters. The van der Waals surface area contributed by atoms with E-state index in [0.29, 0.717) is 5.52 Å². The summed E-state index contributed by atoms with van der Waals surface area (Å²) in [5, 5.41) is 2.56. The fourth-order valence-corrected chi connectivity index (χ4v) is 4.11. The first-order valence-electron chi connectivity index (χ1n) is 8.71. The molecule has 2 aromatic carbocycles. The van der Waals surface area contributed by atoms with E-state index in [1.165, 1.54) is 30.5 Å². The fraction of sp³-hybridized carbons (Fsp3) is 0.250. The number of likely N-dealkylation sites (N-methyl/N-ethyl adjacent to an activating group) is 1. The summed E-state index contributed by atoms with van der Waals surface area (Å²) in [6.07, 6.45) is -4.56. The SMILES string of the molecule is CNC(=O)[C@H](C)n1c(=NC(=O)c2cccc(C(F)(F)F)c2)sc2cc(C)ccc21. The second kappa shape index (κ2) is 7.82. The van der Waals surface area contributed by atoms with Gasteiger partial charge in [-0.3, -0.25) is 9.59 Å². The molecular formula is C20H18F3N3O2S. The lowest BCUT2D eigenvalue weighted by atomic mass is 10.1.